The fourth-order valence-corrected chi connectivity index (χ4v) is 1.32. The van der Waals surface area contributed by atoms with E-state index in [1.54, 1.807) is 0 Å². The minimum atomic E-state index is -0.238. The van der Waals surface area contributed by atoms with Crippen molar-refractivity contribution in [3.8, 4) is 0 Å². The second kappa shape index (κ2) is 11.9. The van der Waals surface area contributed by atoms with Gasteiger partial charge in [0.2, 0.25) is 0 Å². The van der Waals surface area contributed by atoms with Crippen molar-refractivity contribution in [2.75, 3.05) is 26.4 Å². The summed E-state index contributed by atoms with van der Waals surface area (Å²) in [6, 6.07) is -0.477. The lowest BCUT2D eigenvalue weighted by atomic mass is 10.2. The zero-order chi connectivity index (χ0) is 13.6. The molecule has 0 fully saturated rings. The second-order valence-electron chi connectivity index (χ2n) is 3.69. The number of nitrogens with two attached hydrogens (primary N) is 2. The number of hydrogen-bond acceptors (Lipinski definition) is 4. The van der Waals surface area contributed by atoms with Crippen molar-refractivity contribution in [2.24, 2.45) is 11.5 Å². The molecule has 0 spiro atoms. The van der Waals surface area contributed by atoms with Crippen molar-refractivity contribution in [2.45, 2.75) is 25.7 Å². The Hall–Kier alpha value is -1.54. The van der Waals surface area contributed by atoms with E-state index in [1.165, 1.54) is 0 Å². The summed E-state index contributed by atoms with van der Waals surface area (Å²) >= 11 is 0. The summed E-state index contributed by atoms with van der Waals surface area (Å²) in [5.41, 5.74) is 10.3. The fraction of sp³-hybridized carbons (Fsp3) is 0.800. The summed E-state index contributed by atoms with van der Waals surface area (Å²) in [4.78, 5) is 21.9. The highest BCUT2D eigenvalue weighted by molar-refractivity contribution is 5.73. The molecule has 0 rings (SSSR count). The molecule has 0 bridgehead atoms. The zero-order valence-corrected chi connectivity index (χ0v) is 10.6. The van der Waals surface area contributed by atoms with Crippen molar-refractivity contribution in [1.82, 2.24) is 21.3 Å². The van der Waals surface area contributed by atoms with Crippen molar-refractivity contribution in [3.05, 3.63) is 0 Å². The van der Waals surface area contributed by atoms with Crippen LogP contribution < -0.4 is 32.7 Å². The average molecular weight is 260 g/mol. The van der Waals surface area contributed by atoms with Crippen LogP contribution in [0, 0.1) is 0 Å². The molecular weight excluding hydrogens is 236 g/mol. The number of nitrogens with one attached hydrogen (secondary N) is 4. The van der Waals surface area contributed by atoms with E-state index in [-0.39, 0.29) is 25.4 Å². The van der Waals surface area contributed by atoms with Gasteiger partial charge in [0.1, 0.15) is 0 Å². The molecule has 0 unspecified atom stereocenters. The molecule has 0 saturated carbocycles. The Morgan fingerprint density at radius 1 is 0.667 bits per heavy atom. The van der Waals surface area contributed by atoms with E-state index in [0.29, 0.717) is 13.1 Å². The van der Waals surface area contributed by atoms with Crippen LogP contribution in [0.1, 0.15) is 25.7 Å². The first-order valence-electron chi connectivity index (χ1n) is 6.14. The van der Waals surface area contributed by atoms with Gasteiger partial charge in [0.25, 0.3) is 0 Å². The number of unbranched alkanes of at least 4 members (excludes halogenated alkanes) is 3. The Morgan fingerprint density at radius 3 is 1.39 bits per heavy atom. The molecule has 0 aliphatic rings. The third kappa shape index (κ3) is 11.0. The summed E-state index contributed by atoms with van der Waals surface area (Å²) in [5, 5.41) is 10.3. The van der Waals surface area contributed by atoms with Crippen molar-refractivity contribution >= 4 is 12.1 Å². The molecule has 0 saturated heterocycles. The van der Waals surface area contributed by atoms with Gasteiger partial charge >= 0.3 is 12.1 Å². The lowest BCUT2D eigenvalue weighted by molar-refractivity contribution is 0.239. The van der Waals surface area contributed by atoms with Crippen LogP contribution in [0.2, 0.25) is 0 Å². The lowest BCUT2D eigenvalue weighted by Gasteiger charge is -2.06. The maximum atomic E-state index is 10.9. The predicted octanol–water partition coefficient (Wildman–Crippen LogP) is -1.02. The minimum absolute atomic E-state index is 0.141. The van der Waals surface area contributed by atoms with Gasteiger partial charge in [-0.05, 0) is 12.8 Å². The monoisotopic (exact) mass is 260 g/mol. The summed E-state index contributed by atoms with van der Waals surface area (Å²) in [5.74, 6) is 0. The molecule has 8 N–H and O–H groups in total. The van der Waals surface area contributed by atoms with Crippen molar-refractivity contribution < 1.29 is 9.59 Å². The quantitative estimate of drug-likeness (QED) is 0.233. The highest BCUT2D eigenvalue weighted by Gasteiger charge is 1.98. The Bertz CT molecular complexity index is 212. The number of carbonyl (C=O) groups is 2. The molecule has 0 aliphatic heterocycles. The lowest BCUT2D eigenvalue weighted by Crippen LogP contribution is -2.39. The van der Waals surface area contributed by atoms with E-state index in [0.717, 1.165) is 25.7 Å². The molecule has 0 aliphatic carbocycles. The van der Waals surface area contributed by atoms with Crippen LogP contribution in [0.3, 0.4) is 0 Å². The van der Waals surface area contributed by atoms with Crippen molar-refractivity contribution in [3.63, 3.8) is 0 Å². The van der Waals surface area contributed by atoms with E-state index in [2.05, 4.69) is 21.3 Å². The molecule has 18 heavy (non-hydrogen) atoms. The standard InChI is InChI=1S/C10H24N6O2/c11-7-15-9(17)13-5-3-1-2-4-6-14-10(18)16-8-12/h1-8,11-12H2,(H2,13,15,17)(H2,14,16,18). The first-order valence-corrected chi connectivity index (χ1v) is 6.14. The predicted molar refractivity (Wildman–Crippen MR) is 69.6 cm³/mol. The average Bonchev–Trinajstić information content (AvgIpc) is 2.33. The molecule has 0 aromatic heterocycles. The molecule has 0 aromatic carbocycles. The number of urea groups is 2. The van der Waals surface area contributed by atoms with Gasteiger partial charge in [-0.3, -0.25) is 0 Å². The summed E-state index contributed by atoms with van der Waals surface area (Å²) in [6.45, 7) is 1.55. The SMILES string of the molecule is NCNC(=O)NCCCCCCNC(=O)NCN. The third-order valence-electron chi connectivity index (χ3n) is 2.20. The van der Waals surface area contributed by atoms with Gasteiger partial charge in [-0.25, -0.2) is 9.59 Å². The maximum absolute atomic E-state index is 10.9. The van der Waals surface area contributed by atoms with Gasteiger partial charge < -0.3 is 32.7 Å². The molecule has 8 nitrogen and oxygen atoms in total. The summed E-state index contributed by atoms with van der Waals surface area (Å²) < 4.78 is 0. The van der Waals surface area contributed by atoms with E-state index in [1.807, 2.05) is 0 Å². The third-order valence-corrected chi connectivity index (χ3v) is 2.20. The van der Waals surface area contributed by atoms with E-state index in [4.69, 9.17) is 11.5 Å². The van der Waals surface area contributed by atoms with Crippen molar-refractivity contribution in [1.29, 1.82) is 0 Å². The van der Waals surface area contributed by atoms with E-state index in [9.17, 15) is 9.59 Å². The maximum Gasteiger partial charge on any atom is 0.315 e. The molecule has 106 valence electrons. The zero-order valence-electron chi connectivity index (χ0n) is 10.6. The normalized spacial score (nSPS) is 9.67. The number of amides is 4. The van der Waals surface area contributed by atoms with E-state index < -0.39 is 0 Å². The van der Waals surface area contributed by atoms with E-state index >= 15 is 0 Å². The minimum Gasteiger partial charge on any atom is -0.338 e. The topological polar surface area (TPSA) is 134 Å². The van der Waals surface area contributed by atoms with Gasteiger partial charge in [0.15, 0.2) is 0 Å². The highest BCUT2D eigenvalue weighted by atomic mass is 16.2. The van der Waals surface area contributed by atoms with Crippen LogP contribution in [-0.2, 0) is 0 Å². The molecular formula is C10H24N6O2. The largest absolute Gasteiger partial charge is 0.338 e. The van der Waals surface area contributed by atoms with Gasteiger partial charge in [0.05, 0.1) is 13.3 Å². The van der Waals surface area contributed by atoms with Crippen LogP contribution in [0.15, 0.2) is 0 Å². The number of carbonyl (C=O) groups excluding carboxylic acids is 2. The fourth-order valence-electron chi connectivity index (χ4n) is 1.32. The first-order chi connectivity index (χ1) is 8.70. The van der Waals surface area contributed by atoms with Gasteiger partial charge in [0, 0.05) is 13.1 Å². The first kappa shape index (κ1) is 16.5. The Balaban J connectivity index is 3.16. The smallest absolute Gasteiger partial charge is 0.315 e. The number of hydrogen-bond donors (Lipinski definition) is 6. The molecule has 0 radical (unpaired) electrons. The van der Waals surface area contributed by atoms with Crippen LogP contribution >= 0.6 is 0 Å². The second-order valence-corrected chi connectivity index (χ2v) is 3.69. The Labute approximate surface area is 107 Å². The molecule has 0 heterocycles. The van der Waals surface area contributed by atoms with Gasteiger partial charge in [-0.1, -0.05) is 12.8 Å². The van der Waals surface area contributed by atoms with Crippen LogP contribution in [0.25, 0.3) is 0 Å². The van der Waals surface area contributed by atoms with Gasteiger partial charge in [-0.15, -0.1) is 0 Å². The van der Waals surface area contributed by atoms with Gasteiger partial charge in [-0.2, -0.15) is 0 Å². The van der Waals surface area contributed by atoms with Crippen LogP contribution in [0.4, 0.5) is 9.59 Å². The van der Waals surface area contributed by atoms with Crippen LogP contribution in [-0.4, -0.2) is 38.5 Å². The Morgan fingerprint density at radius 2 is 1.06 bits per heavy atom. The molecule has 8 heteroatoms. The molecule has 0 aromatic rings. The highest BCUT2D eigenvalue weighted by Crippen LogP contribution is 1.97. The van der Waals surface area contributed by atoms with Crippen LogP contribution in [0.5, 0.6) is 0 Å². The Kier molecular flexibility index (Phi) is 10.9. The molecule has 0 atom stereocenters. The number of rotatable bonds is 9. The summed E-state index contributed by atoms with van der Waals surface area (Å²) in [6.07, 6.45) is 3.83. The summed E-state index contributed by atoms with van der Waals surface area (Å²) in [7, 11) is 0. The molecule has 4 amide bonds.